The smallest absolute Gasteiger partial charge is 0.275 e. The predicted molar refractivity (Wildman–Crippen MR) is 137 cm³/mol. The predicted octanol–water partition coefficient (Wildman–Crippen LogP) is 4.60. The number of likely N-dealkylation sites (N-methyl/N-ethyl adjacent to an activating group) is 1. The molecule has 3 N–H and O–H groups in total. The second-order valence-corrected chi connectivity index (χ2v) is 9.43. The van der Waals surface area contributed by atoms with Gasteiger partial charge in [0, 0.05) is 24.3 Å². The molecule has 2 aromatic heterocycles. The van der Waals surface area contributed by atoms with Crippen molar-refractivity contribution >= 4 is 50.1 Å². The molecule has 0 aliphatic heterocycles. The molecule has 1 aromatic carbocycles. The molecule has 0 amide bonds. The van der Waals surface area contributed by atoms with Gasteiger partial charge in [-0.2, -0.15) is 0 Å². The molecule has 0 unspecified atom stereocenters. The number of nitrogen functional groups attached to an aromatic ring is 1. The summed E-state index contributed by atoms with van der Waals surface area (Å²) in [5, 5.41) is 10.1. The molecule has 0 saturated heterocycles. The molecule has 32 heavy (non-hydrogen) atoms. The highest BCUT2D eigenvalue weighted by Crippen LogP contribution is 2.30. The Morgan fingerprint density at radius 2 is 2.16 bits per heavy atom. The van der Waals surface area contributed by atoms with Gasteiger partial charge in [0.05, 0.1) is 28.2 Å². The van der Waals surface area contributed by atoms with Crippen LogP contribution < -0.4 is 16.2 Å². The summed E-state index contributed by atoms with van der Waals surface area (Å²) in [7, 11) is 1.86. The summed E-state index contributed by atoms with van der Waals surface area (Å²) in [6.45, 7) is 7.66. The van der Waals surface area contributed by atoms with E-state index in [-0.39, 0.29) is 5.56 Å². The highest BCUT2D eigenvalue weighted by Gasteiger charge is 2.18. The van der Waals surface area contributed by atoms with E-state index < -0.39 is 5.60 Å². The summed E-state index contributed by atoms with van der Waals surface area (Å²) in [5.74, 6) is 0.396. The van der Waals surface area contributed by atoms with Crippen LogP contribution in [-0.4, -0.2) is 39.7 Å². The van der Waals surface area contributed by atoms with Crippen LogP contribution in [0.4, 0.5) is 11.4 Å². The fraction of sp³-hybridized carbons (Fsp3) is 0.250. The summed E-state index contributed by atoms with van der Waals surface area (Å²) in [4.78, 5) is 20.5. The van der Waals surface area contributed by atoms with E-state index in [4.69, 9.17) is 17.3 Å². The maximum Gasteiger partial charge on any atom is 0.275 e. The molecule has 8 heteroatoms. The Balaban J connectivity index is 2.01. The summed E-state index contributed by atoms with van der Waals surface area (Å²) >= 11 is 7.15. The number of thiophene rings is 1. The number of alkyl halides is 1. The monoisotopic (exact) mass is 470 g/mol. The van der Waals surface area contributed by atoms with Gasteiger partial charge in [0.1, 0.15) is 11.0 Å². The zero-order valence-electron chi connectivity index (χ0n) is 18.4. The van der Waals surface area contributed by atoms with Crippen molar-refractivity contribution in [1.82, 2.24) is 9.55 Å². The Morgan fingerprint density at radius 1 is 1.41 bits per heavy atom. The molecule has 0 radical (unpaired) electrons. The Hall–Kier alpha value is -2.87. The van der Waals surface area contributed by atoms with Gasteiger partial charge >= 0.3 is 0 Å². The minimum atomic E-state index is -0.861. The lowest BCUT2D eigenvalue weighted by molar-refractivity contribution is 0.0886. The number of allylic oxidation sites excluding steroid dienone is 5. The Kier molecular flexibility index (Phi) is 7.23. The van der Waals surface area contributed by atoms with Gasteiger partial charge in [-0.15, -0.1) is 22.9 Å². The number of hydrogen-bond acceptors (Lipinski definition) is 6. The van der Waals surface area contributed by atoms with Crippen LogP contribution in [0.2, 0.25) is 0 Å². The first-order valence-corrected chi connectivity index (χ1v) is 11.4. The first kappa shape index (κ1) is 23.8. The van der Waals surface area contributed by atoms with Gasteiger partial charge in [0.25, 0.3) is 5.56 Å². The van der Waals surface area contributed by atoms with E-state index in [1.807, 2.05) is 48.4 Å². The SMILES string of the molecule is C=C/C=C(\C=C/CCl)c1cc2ncn(-c3ccc(N(C)CC(C)(C)O)c(N)c3)c(=O)c2s1. The van der Waals surface area contributed by atoms with Crippen LogP contribution in [0, 0.1) is 0 Å². The van der Waals surface area contributed by atoms with E-state index in [9.17, 15) is 9.90 Å². The molecule has 2 heterocycles. The zero-order valence-corrected chi connectivity index (χ0v) is 20.0. The Bertz CT molecular complexity index is 1250. The number of aliphatic hydroxyl groups is 1. The average Bonchev–Trinajstić information content (AvgIpc) is 3.15. The Labute approximate surface area is 196 Å². The second-order valence-electron chi connectivity index (χ2n) is 8.07. The van der Waals surface area contributed by atoms with Crippen LogP contribution in [0.5, 0.6) is 0 Å². The molecule has 0 spiro atoms. The summed E-state index contributed by atoms with van der Waals surface area (Å²) in [6.07, 6.45) is 8.83. The molecular weight excluding hydrogens is 444 g/mol. The van der Waals surface area contributed by atoms with Crippen LogP contribution in [0.15, 0.2) is 66.3 Å². The Morgan fingerprint density at radius 3 is 2.78 bits per heavy atom. The van der Waals surface area contributed by atoms with E-state index in [2.05, 4.69) is 11.6 Å². The van der Waals surface area contributed by atoms with Crippen LogP contribution in [0.3, 0.4) is 0 Å². The summed E-state index contributed by atoms with van der Waals surface area (Å²) < 4.78 is 2.04. The zero-order chi connectivity index (χ0) is 23.5. The molecule has 3 aromatic rings. The largest absolute Gasteiger partial charge is 0.397 e. The van der Waals surface area contributed by atoms with Crippen molar-refractivity contribution in [3.05, 3.63) is 76.7 Å². The van der Waals surface area contributed by atoms with Gasteiger partial charge in [0.15, 0.2) is 0 Å². The van der Waals surface area contributed by atoms with Gasteiger partial charge < -0.3 is 15.7 Å². The third-order valence-corrected chi connectivity index (χ3v) is 6.07. The van der Waals surface area contributed by atoms with Gasteiger partial charge in [-0.25, -0.2) is 4.98 Å². The summed E-state index contributed by atoms with van der Waals surface area (Å²) in [5.41, 5.74) is 8.71. The molecule has 6 nitrogen and oxygen atoms in total. The number of fused-ring (bicyclic) bond motifs is 1. The van der Waals surface area contributed by atoms with E-state index in [1.54, 1.807) is 26.0 Å². The molecule has 3 rings (SSSR count). The maximum atomic E-state index is 13.2. The molecule has 0 saturated carbocycles. The van der Waals surface area contributed by atoms with Gasteiger partial charge in [-0.3, -0.25) is 9.36 Å². The first-order valence-electron chi connectivity index (χ1n) is 10.0. The highest BCUT2D eigenvalue weighted by molar-refractivity contribution is 7.20. The number of nitrogens with zero attached hydrogens (tertiary/aromatic N) is 3. The number of halogens is 1. The van der Waals surface area contributed by atoms with E-state index >= 15 is 0 Å². The average molecular weight is 471 g/mol. The minimum absolute atomic E-state index is 0.164. The number of nitrogens with two attached hydrogens (primary N) is 1. The standard InChI is InChI=1S/C24H27ClN4O2S/c1-5-7-16(8-6-11-25)21-13-19-22(32-21)23(30)29(15-27-19)17-9-10-20(18(26)12-17)28(4)14-24(2,3)31/h5-10,12-13,15,31H,1,11,14,26H2,2-4H3/b8-6-,16-7+. The lowest BCUT2D eigenvalue weighted by Crippen LogP contribution is -2.36. The lowest BCUT2D eigenvalue weighted by atomic mass is 10.1. The third kappa shape index (κ3) is 5.30. The number of benzene rings is 1. The van der Waals surface area contributed by atoms with Crippen molar-refractivity contribution in [2.75, 3.05) is 30.1 Å². The molecule has 0 aliphatic rings. The quantitative estimate of drug-likeness (QED) is 0.285. The topological polar surface area (TPSA) is 84.4 Å². The molecule has 0 aliphatic carbocycles. The van der Waals surface area contributed by atoms with Crippen molar-refractivity contribution in [2.24, 2.45) is 0 Å². The van der Waals surface area contributed by atoms with Crippen LogP contribution in [0.25, 0.3) is 21.5 Å². The van der Waals surface area contributed by atoms with Crippen molar-refractivity contribution in [3.8, 4) is 5.69 Å². The van der Waals surface area contributed by atoms with E-state index in [0.29, 0.717) is 34.0 Å². The number of hydrogen-bond donors (Lipinski definition) is 2. The minimum Gasteiger partial charge on any atom is -0.397 e. The van der Waals surface area contributed by atoms with Gasteiger partial charge in [0.2, 0.25) is 0 Å². The van der Waals surface area contributed by atoms with Crippen molar-refractivity contribution in [2.45, 2.75) is 19.4 Å². The molecule has 0 bridgehead atoms. The van der Waals surface area contributed by atoms with Crippen LogP contribution >= 0.6 is 22.9 Å². The molecule has 0 atom stereocenters. The molecule has 168 valence electrons. The van der Waals surface area contributed by atoms with E-state index in [1.165, 1.54) is 22.2 Å². The first-order chi connectivity index (χ1) is 15.1. The van der Waals surface area contributed by atoms with Gasteiger partial charge in [-0.05, 0) is 43.7 Å². The van der Waals surface area contributed by atoms with Crippen LogP contribution in [-0.2, 0) is 0 Å². The van der Waals surface area contributed by atoms with Crippen molar-refractivity contribution in [3.63, 3.8) is 0 Å². The number of aromatic nitrogens is 2. The highest BCUT2D eigenvalue weighted by atomic mass is 35.5. The number of anilines is 2. The van der Waals surface area contributed by atoms with Crippen molar-refractivity contribution < 1.29 is 5.11 Å². The van der Waals surface area contributed by atoms with Crippen LogP contribution in [0.1, 0.15) is 18.7 Å². The molecular formula is C24H27ClN4O2S. The summed E-state index contributed by atoms with van der Waals surface area (Å²) in [6, 6.07) is 7.30. The van der Waals surface area contributed by atoms with Crippen molar-refractivity contribution in [1.29, 1.82) is 0 Å². The maximum absolute atomic E-state index is 13.2. The normalized spacial score (nSPS) is 12.6. The number of rotatable bonds is 8. The van der Waals surface area contributed by atoms with Gasteiger partial charge in [-0.1, -0.05) is 30.9 Å². The fourth-order valence-electron chi connectivity index (χ4n) is 3.46. The lowest BCUT2D eigenvalue weighted by Gasteiger charge is -2.28. The fourth-order valence-corrected chi connectivity index (χ4v) is 4.60. The van der Waals surface area contributed by atoms with E-state index in [0.717, 1.165) is 16.1 Å². The second kappa shape index (κ2) is 9.73. The third-order valence-electron chi connectivity index (χ3n) is 4.73. The molecule has 0 fully saturated rings.